The average molecular weight is 251 g/mol. The molecule has 0 saturated heterocycles. The van der Waals surface area contributed by atoms with Gasteiger partial charge < -0.3 is 15.2 Å². The van der Waals surface area contributed by atoms with Crippen molar-refractivity contribution >= 4 is 11.9 Å². The Labute approximate surface area is 106 Å². The van der Waals surface area contributed by atoms with Gasteiger partial charge in [-0.15, -0.1) is 0 Å². The quantitative estimate of drug-likeness (QED) is 0.820. The number of amides is 1. The number of carbonyl (C=O) groups is 2. The van der Waals surface area contributed by atoms with Crippen molar-refractivity contribution in [2.75, 3.05) is 13.7 Å². The Balaban J connectivity index is 2.80. The maximum atomic E-state index is 11.6. The van der Waals surface area contributed by atoms with Gasteiger partial charge in [0.25, 0.3) is 0 Å². The molecule has 0 fully saturated rings. The lowest BCUT2D eigenvalue weighted by Crippen LogP contribution is -2.30. The van der Waals surface area contributed by atoms with Crippen LogP contribution in [0.25, 0.3) is 0 Å². The highest BCUT2D eigenvalue weighted by molar-refractivity contribution is 5.83. The number of benzene rings is 1. The third kappa shape index (κ3) is 3.76. The van der Waals surface area contributed by atoms with Gasteiger partial charge in [-0.2, -0.15) is 0 Å². The first-order valence-electron chi connectivity index (χ1n) is 5.56. The highest BCUT2D eigenvalue weighted by Gasteiger charge is 2.11. The van der Waals surface area contributed by atoms with Crippen molar-refractivity contribution in [3.05, 3.63) is 28.8 Å². The molecule has 0 bridgehead atoms. The first kappa shape index (κ1) is 14.0. The predicted octanol–water partition coefficient (Wildman–Crippen LogP) is 1.06. The van der Waals surface area contributed by atoms with Crippen molar-refractivity contribution in [2.24, 2.45) is 0 Å². The van der Waals surface area contributed by atoms with E-state index in [-0.39, 0.29) is 18.9 Å². The van der Waals surface area contributed by atoms with E-state index in [2.05, 4.69) is 5.32 Å². The molecule has 0 radical (unpaired) electrons. The number of carbonyl (C=O) groups excluding carboxylic acids is 1. The standard InChI is InChI=1S/C13H17NO4/c1-8-4-10(11(18-3)5-9(8)2)6-12(15)14-7-13(16)17/h4-5H,6-7H2,1-3H3,(H,14,15)(H,16,17). The van der Waals surface area contributed by atoms with Crippen LogP contribution in [0.2, 0.25) is 0 Å². The fourth-order valence-electron chi connectivity index (χ4n) is 1.59. The second-order valence-corrected chi connectivity index (χ2v) is 4.10. The number of hydrogen-bond acceptors (Lipinski definition) is 3. The second-order valence-electron chi connectivity index (χ2n) is 4.10. The number of aryl methyl sites for hydroxylation is 2. The molecule has 5 nitrogen and oxygen atoms in total. The molecule has 0 spiro atoms. The maximum absolute atomic E-state index is 11.6. The summed E-state index contributed by atoms with van der Waals surface area (Å²) >= 11 is 0. The Morgan fingerprint density at radius 3 is 2.44 bits per heavy atom. The highest BCUT2D eigenvalue weighted by atomic mass is 16.5. The third-order valence-corrected chi connectivity index (χ3v) is 2.68. The molecule has 0 aromatic heterocycles. The predicted molar refractivity (Wildman–Crippen MR) is 66.8 cm³/mol. The molecule has 0 unspecified atom stereocenters. The normalized spacial score (nSPS) is 9.94. The van der Waals surface area contributed by atoms with Crippen molar-refractivity contribution < 1.29 is 19.4 Å². The van der Waals surface area contributed by atoms with E-state index < -0.39 is 5.97 Å². The van der Waals surface area contributed by atoms with Gasteiger partial charge in [-0.1, -0.05) is 6.07 Å². The molecule has 0 atom stereocenters. The van der Waals surface area contributed by atoms with Crippen molar-refractivity contribution in [3.63, 3.8) is 0 Å². The molecule has 0 aliphatic rings. The Morgan fingerprint density at radius 2 is 1.89 bits per heavy atom. The number of nitrogens with one attached hydrogen (secondary N) is 1. The number of rotatable bonds is 5. The molecular formula is C13H17NO4. The van der Waals surface area contributed by atoms with E-state index in [1.54, 1.807) is 7.11 Å². The summed E-state index contributed by atoms with van der Waals surface area (Å²) in [5, 5.41) is 10.8. The van der Waals surface area contributed by atoms with E-state index in [0.29, 0.717) is 5.75 Å². The zero-order valence-corrected chi connectivity index (χ0v) is 10.7. The summed E-state index contributed by atoms with van der Waals surface area (Å²) in [6, 6.07) is 3.75. The Hall–Kier alpha value is -2.04. The summed E-state index contributed by atoms with van der Waals surface area (Å²) in [7, 11) is 1.54. The number of carboxylic acid groups (broad SMARTS) is 1. The van der Waals surface area contributed by atoms with Crippen LogP contribution < -0.4 is 10.1 Å². The highest BCUT2D eigenvalue weighted by Crippen LogP contribution is 2.23. The van der Waals surface area contributed by atoms with Gasteiger partial charge >= 0.3 is 5.97 Å². The number of hydrogen-bond donors (Lipinski definition) is 2. The van der Waals surface area contributed by atoms with Crippen molar-refractivity contribution in [3.8, 4) is 5.75 Å². The molecular weight excluding hydrogens is 234 g/mol. The van der Waals surface area contributed by atoms with Gasteiger partial charge in [-0.25, -0.2) is 0 Å². The summed E-state index contributed by atoms with van der Waals surface area (Å²) in [6.07, 6.45) is 0.109. The molecule has 1 aromatic carbocycles. The van der Waals surface area contributed by atoms with Gasteiger partial charge in [-0.3, -0.25) is 9.59 Å². The topological polar surface area (TPSA) is 75.6 Å². The first-order chi connectivity index (χ1) is 8.43. The van der Waals surface area contributed by atoms with E-state index in [1.807, 2.05) is 26.0 Å². The zero-order chi connectivity index (χ0) is 13.7. The average Bonchev–Trinajstić information content (AvgIpc) is 2.31. The largest absolute Gasteiger partial charge is 0.496 e. The minimum Gasteiger partial charge on any atom is -0.496 e. The van der Waals surface area contributed by atoms with Gasteiger partial charge in [0.1, 0.15) is 12.3 Å². The van der Waals surface area contributed by atoms with E-state index >= 15 is 0 Å². The summed E-state index contributed by atoms with van der Waals surface area (Å²) in [5.74, 6) is -0.752. The smallest absolute Gasteiger partial charge is 0.322 e. The fraction of sp³-hybridized carbons (Fsp3) is 0.385. The minimum absolute atomic E-state index is 0.109. The van der Waals surface area contributed by atoms with Crippen LogP contribution in [-0.4, -0.2) is 30.6 Å². The van der Waals surface area contributed by atoms with Gasteiger partial charge in [0.2, 0.25) is 5.91 Å². The lowest BCUT2D eigenvalue weighted by atomic mass is 10.0. The van der Waals surface area contributed by atoms with Crippen LogP contribution in [0.5, 0.6) is 5.75 Å². The molecule has 2 N–H and O–H groups in total. The monoisotopic (exact) mass is 251 g/mol. The van der Waals surface area contributed by atoms with Crippen LogP contribution in [0.4, 0.5) is 0 Å². The van der Waals surface area contributed by atoms with E-state index in [1.165, 1.54) is 0 Å². The third-order valence-electron chi connectivity index (χ3n) is 2.68. The van der Waals surface area contributed by atoms with Crippen LogP contribution in [-0.2, 0) is 16.0 Å². The summed E-state index contributed by atoms with van der Waals surface area (Å²) in [6.45, 7) is 3.55. The van der Waals surface area contributed by atoms with Crippen molar-refractivity contribution in [1.82, 2.24) is 5.32 Å². The zero-order valence-electron chi connectivity index (χ0n) is 10.7. The molecule has 5 heteroatoms. The van der Waals surface area contributed by atoms with Gasteiger partial charge in [0.05, 0.1) is 13.5 Å². The summed E-state index contributed by atoms with van der Waals surface area (Å²) < 4.78 is 5.21. The number of methoxy groups -OCH3 is 1. The number of aliphatic carboxylic acids is 1. The van der Waals surface area contributed by atoms with Crippen molar-refractivity contribution in [1.29, 1.82) is 0 Å². The number of ether oxygens (including phenoxy) is 1. The van der Waals surface area contributed by atoms with Crippen LogP contribution >= 0.6 is 0 Å². The van der Waals surface area contributed by atoms with Gasteiger partial charge in [0.15, 0.2) is 0 Å². The summed E-state index contributed by atoms with van der Waals surface area (Å²) in [5.41, 5.74) is 2.90. The second kappa shape index (κ2) is 6.05. The molecule has 0 aliphatic heterocycles. The van der Waals surface area contributed by atoms with E-state index in [0.717, 1.165) is 16.7 Å². The summed E-state index contributed by atoms with van der Waals surface area (Å²) in [4.78, 5) is 21.9. The van der Waals surface area contributed by atoms with Crippen molar-refractivity contribution in [2.45, 2.75) is 20.3 Å². The molecule has 98 valence electrons. The Kier molecular flexibility index (Phi) is 4.71. The molecule has 1 aromatic rings. The molecule has 18 heavy (non-hydrogen) atoms. The lowest BCUT2D eigenvalue weighted by molar-refractivity contribution is -0.137. The molecule has 0 aliphatic carbocycles. The van der Waals surface area contributed by atoms with E-state index in [4.69, 9.17) is 9.84 Å². The van der Waals surface area contributed by atoms with Crippen LogP contribution in [0.1, 0.15) is 16.7 Å². The van der Waals surface area contributed by atoms with E-state index in [9.17, 15) is 9.59 Å². The van der Waals surface area contributed by atoms with Gasteiger partial charge in [0, 0.05) is 5.56 Å². The van der Waals surface area contributed by atoms with Gasteiger partial charge in [-0.05, 0) is 31.0 Å². The molecule has 0 saturated carbocycles. The Morgan fingerprint density at radius 1 is 1.28 bits per heavy atom. The Bertz CT molecular complexity index is 468. The lowest BCUT2D eigenvalue weighted by Gasteiger charge is -2.11. The maximum Gasteiger partial charge on any atom is 0.322 e. The van der Waals surface area contributed by atoms with Crippen LogP contribution in [0.3, 0.4) is 0 Å². The van der Waals surface area contributed by atoms with Crippen LogP contribution in [0, 0.1) is 13.8 Å². The molecule has 0 heterocycles. The SMILES string of the molecule is COc1cc(C)c(C)cc1CC(=O)NCC(=O)O. The first-order valence-corrected chi connectivity index (χ1v) is 5.56. The molecule has 1 amide bonds. The fourth-order valence-corrected chi connectivity index (χ4v) is 1.59. The molecule has 1 rings (SSSR count). The number of carboxylic acids is 1. The minimum atomic E-state index is -1.06. The van der Waals surface area contributed by atoms with Crippen LogP contribution in [0.15, 0.2) is 12.1 Å².